The van der Waals surface area contributed by atoms with Crippen LogP contribution in [0.15, 0.2) is 12.7 Å². The van der Waals surface area contributed by atoms with Crippen LogP contribution in [0.3, 0.4) is 0 Å². The number of hydrogen-bond donors (Lipinski definition) is 2. The molecule has 0 saturated heterocycles. The predicted octanol–water partition coefficient (Wildman–Crippen LogP) is 6.31. The molecule has 0 radical (unpaired) electrons. The van der Waals surface area contributed by atoms with Crippen molar-refractivity contribution in [1.29, 1.82) is 0 Å². The molecule has 0 heterocycles. The normalized spacial score (nSPS) is 12.9. The fourth-order valence-corrected chi connectivity index (χ4v) is 3.87. The van der Waals surface area contributed by atoms with E-state index >= 15 is 0 Å². The van der Waals surface area contributed by atoms with Gasteiger partial charge in [0.05, 0.1) is 6.61 Å². The summed E-state index contributed by atoms with van der Waals surface area (Å²) in [5, 5.41) is 0. The highest BCUT2D eigenvalue weighted by Gasteiger charge is 2.27. The van der Waals surface area contributed by atoms with E-state index in [-0.39, 0.29) is 12.5 Å². The van der Waals surface area contributed by atoms with Crippen LogP contribution in [0.5, 0.6) is 0 Å². The second kappa shape index (κ2) is 18.1. The minimum absolute atomic E-state index is 0.0304. The zero-order valence-corrected chi connectivity index (χ0v) is 19.4. The molecule has 0 fully saturated rings. The molecule has 0 aliphatic heterocycles. The Labute approximate surface area is 177 Å². The summed E-state index contributed by atoms with van der Waals surface area (Å²) in [4.78, 5) is 29.9. The van der Waals surface area contributed by atoms with Crippen LogP contribution in [-0.4, -0.2) is 28.5 Å². The maximum Gasteiger partial charge on any atom is 0.469 e. The standard InChI is InChI=1S/C22H43O6P/c1-4-7-9-11-13-15-17-20(18-16-14-12-10-8-5-2)21(28-22(23)6-3)19-27-29(24,25)26/h6,20-21H,3-5,7-19H2,1-2H3,(H2,24,25,26). The quantitative estimate of drug-likeness (QED) is 0.101. The maximum absolute atomic E-state index is 11.8. The third-order valence-corrected chi connectivity index (χ3v) is 5.71. The fourth-order valence-electron chi connectivity index (χ4n) is 3.52. The molecule has 0 amide bonds. The van der Waals surface area contributed by atoms with Crippen molar-refractivity contribution in [3.8, 4) is 0 Å². The lowest BCUT2D eigenvalue weighted by molar-refractivity contribution is -0.148. The van der Waals surface area contributed by atoms with Gasteiger partial charge in [-0.2, -0.15) is 0 Å². The van der Waals surface area contributed by atoms with E-state index in [0.717, 1.165) is 44.6 Å². The van der Waals surface area contributed by atoms with Gasteiger partial charge < -0.3 is 14.5 Å². The first-order valence-electron chi connectivity index (χ1n) is 11.4. The van der Waals surface area contributed by atoms with Crippen molar-refractivity contribution in [3.05, 3.63) is 12.7 Å². The lowest BCUT2D eigenvalue weighted by atomic mass is 9.89. The smallest absolute Gasteiger partial charge is 0.456 e. The Bertz CT molecular complexity index is 446. The number of carbonyl (C=O) groups is 1. The molecule has 7 heteroatoms. The predicted molar refractivity (Wildman–Crippen MR) is 118 cm³/mol. The van der Waals surface area contributed by atoms with Crippen LogP contribution in [-0.2, 0) is 18.6 Å². The molecule has 0 aromatic heterocycles. The second-order valence-electron chi connectivity index (χ2n) is 7.84. The Morgan fingerprint density at radius 2 is 1.34 bits per heavy atom. The van der Waals surface area contributed by atoms with Gasteiger partial charge in [0, 0.05) is 6.08 Å². The van der Waals surface area contributed by atoms with E-state index in [4.69, 9.17) is 19.0 Å². The number of ether oxygens (including phenoxy) is 1. The number of unbranched alkanes of at least 4 members (excludes halogenated alkanes) is 10. The van der Waals surface area contributed by atoms with Crippen molar-refractivity contribution in [2.24, 2.45) is 5.92 Å². The molecule has 6 nitrogen and oxygen atoms in total. The summed E-state index contributed by atoms with van der Waals surface area (Å²) in [6.07, 6.45) is 16.2. The van der Waals surface area contributed by atoms with Crippen LogP contribution in [0.2, 0.25) is 0 Å². The lowest BCUT2D eigenvalue weighted by Crippen LogP contribution is -2.31. The third kappa shape index (κ3) is 17.9. The van der Waals surface area contributed by atoms with Gasteiger partial charge in [-0.05, 0) is 18.8 Å². The molecule has 172 valence electrons. The van der Waals surface area contributed by atoms with E-state index in [2.05, 4.69) is 20.4 Å². The van der Waals surface area contributed by atoms with Gasteiger partial charge >= 0.3 is 13.8 Å². The largest absolute Gasteiger partial charge is 0.469 e. The van der Waals surface area contributed by atoms with Gasteiger partial charge in [-0.3, -0.25) is 4.52 Å². The molecule has 0 aliphatic carbocycles. The van der Waals surface area contributed by atoms with Crippen LogP contribution in [0.25, 0.3) is 0 Å². The summed E-state index contributed by atoms with van der Waals surface area (Å²) < 4.78 is 21.3. The summed E-state index contributed by atoms with van der Waals surface area (Å²) in [6.45, 7) is 7.51. The van der Waals surface area contributed by atoms with E-state index in [0.29, 0.717) is 0 Å². The highest BCUT2D eigenvalue weighted by molar-refractivity contribution is 7.46. The van der Waals surface area contributed by atoms with Gasteiger partial charge in [-0.15, -0.1) is 0 Å². The maximum atomic E-state index is 11.8. The van der Waals surface area contributed by atoms with E-state index < -0.39 is 19.9 Å². The minimum Gasteiger partial charge on any atom is -0.456 e. The van der Waals surface area contributed by atoms with Crippen LogP contribution < -0.4 is 0 Å². The summed E-state index contributed by atoms with van der Waals surface area (Å²) in [7, 11) is -4.62. The Morgan fingerprint density at radius 3 is 1.76 bits per heavy atom. The molecule has 0 aromatic rings. The van der Waals surface area contributed by atoms with Crippen LogP contribution in [0.1, 0.15) is 104 Å². The zero-order valence-electron chi connectivity index (χ0n) is 18.5. The monoisotopic (exact) mass is 434 g/mol. The van der Waals surface area contributed by atoms with Crippen molar-refractivity contribution in [2.45, 2.75) is 110 Å². The van der Waals surface area contributed by atoms with E-state index in [9.17, 15) is 9.36 Å². The summed E-state index contributed by atoms with van der Waals surface area (Å²) in [5.41, 5.74) is 0. The fraction of sp³-hybridized carbons (Fsp3) is 0.864. The van der Waals surface area contributed by atoms with Crippen molar-refractivity contribution < 1.29 is 28.4 Å². The number of hydrogen-bond acceptors (Lipinski definition) is 4. The SMILES string of the molecule is C=CC(=O)OC(COP(=O)(O)O)C(CCCCCCCC)CCCCCCCC. The number of carbonyl (C=O) groups excluding carboxylic acids is 1. The van der Waals surface area contributed by atoms with Gasteiger partial charge in [0.25, 0.3) is 0 Å². The van der Waals surface area contributed by atoms with Crippen LogP contribution >= 0.6 is 7.82 Å². The minimum atomic E-state index is -4.62. The first-order valence-corrected chi connectivity index (χ1v) is 12.9. The Balaban J connectivity index is 4.78. The number of phosphoric ester groups is 1. The van der Waals surface area contributed by atoms with Crippen molar-refractivity contribution in [1.82, 2.24) is 0 Å². The number of rotatable bonds is 20. The molecular formula is C22H43O6P. The van der Waals surface area contributed by atoms with Gasteiger partial charge in [0.15, 0.2) is 0 Å². The summed E-state index contributed by atoms with van der Waals surface area (Å²) in [6, 6.07) is 0. The molecule has 2 N–H and O–H groups in total. The molecular weight excluding hydrogens is 391 g/mol. The number of phosphoric acid groups is 1. The topological polar surface area (TPSA) is 93.1 Å². The Hall–Kier alpha value is -0.680. The second-order valence-corrected chi connectivity index (χ2v) is 9.08. The first-order chi connectivity index (χ1) is 13.8. The molecule has 0 saturated carbocycles. The molecule has 0 aromatic carbocycles. The van der Waals surface area contributed by atoms with Crippen molar-refractivity contribution >= 4 is 13.8 Å². The van der Waals surface area contributed by atoms with Crippen molar-refractivity contribution in [2.75, 3.05) is 6.61 Å². The highest BCUT2D eigenvalue weighted by atomic mass is 31.2. The first kappa shape index (κ1) is 28.3. The highest BCUT2D eigenvalue weighted by Crippen LogP contribution is 2.37. The van der Waals surface area contributed by atoms with Crippen molar-refractivity contribution in [3.63, 3.8) is 0 Å². The van der Waals surface area contributed by atoms with Crippen LogP contribution in [0.4, 0.5) is 0 Å². The molecule has 1 atom stereocenters. The van der Waals surface area contributed by atoms with Gasteiger partial charge in [-0.25, -0.2) is 9.36 Å². The average Bonchev–Trinajstić information content (AvgIpc) is 2.68. The zero-order chi connectivity index (χ0) is 22.0. The van der Waals surface area contributed by atoms with Gasteiger partial charge in [0.1, 0.15) is 6.10 Å². The van der Waals surface area contributed by atoms with Gasteiger partial charge in [0.2, 0.25) is 0 Å². The third-order valence-electron chi connectivity index (χ3n) is 5.22. The molecule has 0 aliphatic rings. The Kier molecular flexibility index (Phi) is 17.7. The van der Waals surface area contributed by atoms with E-state index in [1.54, 1.807) is 0 Å². The Morgan fingerprint density at radius 1 is 0.897 bits per heavy atom. The number of esters is 1. The van der Waals surface area contributed by atoms with Gasteiger partial charge in [-0.1, -0.05) is 97.5 Å². The molecule has 1 unspecified atom stereocenters. The molecule has 0 rings (SSSR count). The summed E-state index contributed by atoms with van der Waals surface area (Å²) in [5.74, 6) is -0.553. The molecule has 0 spiro atoms. The average molecular weight is 435 g/mol. The lowest BCUT2D eigenvalue weighted by Gasteiger charge is -2.27. The summed E-state index contributed by atoms with van der Waals surface area (Å²) >= 11 is 0. The van der Waals surface area contributed by atoms with E-state index in [1.165, 1.54) is 51.4 Å². The van der Waals surface area contributed by atoms with Crippen LogP contribution in [0, 0.1) is 5.92 Å². The molecule has 0 bridgehead atoms. The van der Waals surface area contributed by atoms with E-state index in [1.807, 2.05) is 0 Å². The molecule has 29 heavy (non-hydrogen) atoms.